The third kappa shape index (κ3) is 3.92. The topological polar surface area (TPSA) is 139 Å². The Balaban J connectivity index is 1.45. The maximum absolute atomic E-state index is 14.2. The lowest BCUT2D eigenvalue weighted by atomic mass is 9.88. The zero-order valence-corrected chi connectivity index (χ0v) is 21.6. The van der Waals surface area contributed by atoms with E-state index in [1.54, 1.807) is 24.3 Å². The number of Topliss-reactive ketones (excluding diaryl/α,β-unsaturated/α-hetero) is 1. The minimum Gasteiger partial charge on any atom is -0.332 e. The molecule has 4 bridgehead atoms. The predicted octanol–water partition coefficient (Wildman–Crippen LogP) is 2.17. The fourth-order valence-electron chi connectivity index (χ4n) is 5.77. The summed E-state index contributed by atoms with van der Waals surface area (Å²) in [6, 6.07) is 11.2. The minimum atomic E-state index is -1.18. The molecule has 6 aliphatic heterocycles. The van der Waals surface area contributed by atoms with Crippen LogP contribution in [0.25, 0.3) is 0 Å². The van der Waals surface area contributed by atoms with Crippen LogP contribution in [0.4, 0.5) is 10.5 Å². The fraction of sp³-hybridized carbons (Fsp3) is 0.286. The highest BCUT2D eigenvalue weighted by molar-refractivity contribution is 8.01. The van der Waals surface area contributed by atoms with Crippen LogP contribution >= 0.6 is 11.8 Å². The van der Waals surface area contributed by atoms with E-state index in [1.807, 2.05) is 0 Å². The van der Waals surface area contributed by atoms with Crippen molar-refractivity contribution < 1.29 is 28.8 Å². The molecule has 198 valence electrons. The Morgan fingerprint density at radius 1 is 0.769 bits per heavy atom. The number of quaternary nitrogens is 1. The molecule has 0 unspecified atom stereocenters. The zero-order valence-electron chi connectivity index (χ0n) is 20.8. The molecule has 0 aliphatic carbocycles. The normalized spacial score (nSPS) is 28.0. The van der Waals surface area contributed by atoms with Gasteiger partial charge in [0.15, 0.2) is 17.3 Å². The number of urea groups is 1. The molecule has 39 heavy (non-hydrogen) atoms. The molecule has 2 saturated heterocycles. The highest BCUT2D eigenvalue weighted by Crippen LogP contribution is 2.45. The third-order valence-corrected chi connectivity index (χ3v) is 9.58. The van der Waals surface area contributed by atoms with Gasteiger partial charge in [-0.3, -0.25) is 14.4 Å². The van der Waals surface area contributed by atoms with E-state index in [2.05, 4.69) is 16.1 Å². The van der Waals surface area contributed by atoms with E-state index in [1.165, 1.54) is 36.0 Å². The van der Waals surface area contributed by atoms with E-state index in [0.717, 1.165) is 12.2 Å². The molecule has 2 spiro atoms. The fourth-order valence-corrected chi connectivity index (χ4v) is 7.39. The molecule has 0 saturated carbocycles. The minimum absolute atomic E-state index is 0.0744. The highest BCUT2D eigenvalue weighted by atomic mass is 32.2. The Bertz CT molecular complexity index is 1450. The van der Waals surface area contributed by atoms with Crippen molar-refractivity contribution in [1.29, 1.82) is 0 Å². The average Bonchev–Trinajstić information content (AvgIpc) is 3.58. The Labute approximate surface area is 227 Å². The standard InChI is InChI=1S/C28H24N4O6S/c33-21-3-1-2-14-28(25-20(15-39-28)29-27(38)30-25)26(37)31-32(22(34)12-13-23(32)35)19-10-8-18(9-11-19)24(36)17-6-4-16(21)5-7-17/h4-13,20,25H,1-3,14-15H2,(H2-,29,30,31,37,38)/p+1/t20-,25-,28-/m0/s1. The number of hydrogen-bond donors (Lipinski definition) is 3. The van der Waals surface area contributed by atoms with Crippen LogP contribution in [-0.2, 0) is 14.4 Å². The molecule has 2 fully saturated rings. The van der Waals surface area contributed by atoms with Gasteiger partial charge in [-0.25, -0.2) is 14.4 Å². The number of carbonyl (C=O) groups is 6. The van der Waals surface area contributed by atoms with E-state index in [9.17, 15) is 28.8 Å². The smallest absolute Gasteiger partial charge is 0.332 e. The second-order valence-electron chi connectivity index (χ2n) is 10.1. The molecule has 6 heterocycles. The Morgan fingerprint density at radius 2 is 1.38 bits per heavy atom. The van der Waals surface area contributed by atoms with E-state index in [-0.39, 0.29) is 35.7 Å². The molecule has 2 aromatic carbocycles. The monoisotopic (exact) mass is 545 g/mol. The number of benzene rings is 2. The maximum Gasteiger partial charge on any atom is 0.376 e. The van der Waals surface area contributed by atoms with Crippen molar-refractivity contribution in [3.8, 4) is 0 Å². The summed E-state index contributed by atoms with van der Waals surface area (Å²) in [7, 11) is 0. The summed E-state index contributed by atoms with van der Waals surface area (Å²) < 4.78 is -2.26. The summed E-state index contributed by atoms with van der Waals surface area (Å²) in [5, 5.41) is 5.69. The van der Waals surface area contributed by atoms with Crippen LogP contribution in [0.15, 0.2) is 60.7 Å². The van der Waals surface area contributed by atoms with E-state index in [4.69, 9.17) is 0 Å². The van der Waals surface area contributed by atoms with E-state index >= 15 is 0 Å². The number of thioether (sulfide) groups is 1. The van der Waals surface area contributed by atoms with Gasteiger partial charge in [0.05, 0.1) is 24.2 Å². The molecule has 11 heteroatoms. The van der Waals surface area contributed by atoms with Gasteiger partial charge in [0.25, 0.3) is 5.91 Å². The Morgan fingerprint density at radius 3 is 2.05 bits per heavy atom. The number of rotatable bonds is 0. The summed E-state index contributed by atoms with van der Waals surface area (Å²) >= 11 is 1.37. The van der Waals surface area contributed by atoms with Gasteiger partial charge in [0, 0.05) is 41.0 Å². The molecule has 3 atom stereocenters. The summed E-state index contributed by atoms with van der Waals surface area (Å²) in [6.45, 7) is 0. The Hall–Kier alpha value is -4.09. The van der Waals surface area contributed by atoms with Crippen molar-refractivity contribution in [2.45, 2.75) is 42.5 Å². The summed E-state index contributed by atoms with van der Waals surface area (Å²) in [6.07, 6.45) is 3.80. The van der Waals surface area contributed by atoms with Crippen LogP contribution in [-0.4, -0.2) is 57.9 Å². The van der Waals surface area contributed by atoms with Crippen molar-refractivity contribution in [1.82, 2.24) is 20.7 Å². The first-order valence-electron chi connectivity index (χ1n) is 12.7. The summed E-state index contributed by atoms with van der Waals surface area (Å²) in [5.74, 6) is -1.74. The SMILES string of the molecule is O=C1N[C@H]2CS[C@@]3(CCCCC(=O)c4ccc(cc4)C(=O)c4ccc(cc4)[N+]4(NC3=O)C(=O)C=CC4=O)[C@H]2N1. The second kappa shape index (κ2) is 9.28. The van der Waals surface area contributed by atoms with Crippen molar-refractivity contribution in [3.63, 3.8) is 0 Å². The van der Waals surface area contributed by atoms with Crippen LogP contribution < -0.4 is 20.7 Å². The first kappa shape index (κ1) is 25.2. The number of ketones is 2. The molecule has 8 rings (SSSR count). The summed E-state index contributed by atoms with van der Waals surface area (Å²) in [5.41, 5.74) is 4.14. The van der Waals surface area contributed by atoms with Gasteiger partial charge in [-0.2, -0.15) is 5.43 Å². The summed E-state index contributed by atoms with van der Waals surface area (Å²) in [4.78, 5) is 78.7. The number of fused-ring (bicyclic) bond motifs is 3. The van der Waals surface area contributed by atoms with Gasteiger partial charge in [0.1, 0.15) is 4.75 Å². The highest BCUT2D eigenvalue weighted by Gasteiger charge is 2.61. The van der Waals surface area contributed by atoms with Gasteiger partial charge in [0.2, 0.25) is 0 Å². The largest absolute Gasteiger partial charge is 0.376 e. The Kier molecular flexibility index (Phi) is 6.00. The number of hydrogen-bond acceptors (Lipinski definition) is 7. The quantitative estimate of drug-likeness (QED) is 0.262. The molecular formula is C28H25N4O6S+. The molecule has 0 radical (unpaired) electrons. The van der Waals surface area contributed by atoms with Crippen LogP contribution in [0, 0.1) is 0 Å². The van der Waals surface area contributed by atoms with E-state index < -0.39 is 33.1 Å². The predicted molar refractivity (Wildman–Crippen MR) is 143 cm³/mol. The van der Waals surface area contributed by atoms with Gasteiger partial charge in [-0.15, -0.1) is 11.8 Å². The van der Waals surface area contributed by atoms with Crippen LogP contribution in [0.3, 0.4) is 0 Å². The lowest BCUT2D eigenvalue weighted by Gasteiger charge is -2.36. The van der Waals surface area contributed by atoms with Crippen LogP contribution in [0.5, 0.6) is 0 Å². The molecule has 3 N–H and O–H groups in total. The van der Waals surface area contributed by atoms with E-state index in [0.29, 0.717) is 41.7 Å². The second-order valence-corrected chi connectivity index (χ2v) is 11.5. The number of nitrogens with zero attached hydrogens (tertiary/aromatic N) is 1. The van der Waals surface area contributed by atoms with Crippen molar-refractivity contribution in [3.05, 3.63) is 77.4 Å². The number of amides is 5. The van der Waals surface area contributed by atoms with Gasteiger partial charge in [-0.1, -0.05) is 35.3 Å². The van der Waals surface area contributed by atoms with Crippen molar-refractivity contribution >= 4 is 52.8 Å². The number of carbonyl (C=O) groups excluding carboxylic acids is 6. The van der Waals surface area contributed by atoms with Crippen molar-refractivity contribution in [2.75, 3.05) is 5.75 Å². The molecule has 10 nitrogen and oxygen atoms in total. The molecule has 6 aliphatic rings. The van der Waals surface area contributed by atoms with Gasteiger partial charge >= 0.3 is 17.8 Å². The van der Waals surface area contributed by atoms with Gasteiger partial charge < -0.3 is 10.6 Å². The van der Waals surface area contributed by atoms with Gasteiger partial charge in [-0.05, 0) is 25.0 Å². The first-order valence-corrected chi connectivity index (χ1v) is 13.7. The molecule has 5 amide bonds. The average molecular weight is 546 g/mol. The van der Waals surface area contributed by atoms with Crippen LogP contribution in [0.1, 0.15) is 52.0 Å². The maximum atomic E-state index is 14.2. The first-order chi connectivity index (χ1) is 18.7. The number of nitrogens with one attached hydrogen (secondary N) is 3. The third-order valence-electron chi connectivity index (χ3n) is 7.90. The lowest BCUT2D eigenvalue weighted by Crippen LogP contribution is -2.70. The molecule has 0 aromatic heterocycles. The number of imide groups is 1. The zero-order chi connectivity index (χ0) is 27.4. The van der Waals surface area contributed by atoms with Crippen molar-refractivity contribution in [2.24, 2.45) is 0 Å². The van der Waals surface area contributed by atoms with Crippen LogP contribution in [0.2, 0.25) is 0 Å². The molecular weight excluding hydrogens is 520 g/mol. The molecule has 2 aromatic rings. The lowest BCUT2D eigenvalue weighted by molar-refractivity contribution is -0.146.